The van der Waals surface area contributed by atoms with Crippen molar-refractivity contribution in [3.8, 4) is 0 Å². The van der Waals surface area contributed by atoms with E-state index in [1.54, 1.807) is 6.07 Å². The fraction of sp³-hybridized carbons (Fsp3) is 0.571. The summed E-state index contributed by atoms with van der Waals surface area (Å²) in [6.45, 7) is 5.23. The van der Waals surface area contributed by atoms with E-state index in [9.17, 15) is 4.39 Å². The van der Waals surface area contributed by atoms with Crippen molar-refractivity contribution in [3.05, 3.63) is 29.6 Å². The molecule has 0 amide bonds. The average Bonchev–Trinajstić information content (AvgIpc) is 2.84. The van der Waals surface area contributed by atoms with Gasteiger partial charge in [0, 0.05) is 25.3 Å². The summed E-state index contributed by atoms with van der Waals surface area (Å²) in [4.78, 5) is 4.68. The van der Waals surface area contributed by atoms with Crippen LogP contribution in [0.1, 0.15) is 18.4 Å². The van der Waals surface area contributed by atoms with Gasteiger partial charge in [0.15, 0.2) is 0 Å². The lowest BCUT2D eigenvalue weighted by Crippen LogP contribution is -2.31. The zero-order valence-corrected chi connectivity index (χ0v) is 11.0. The highest BCUT2D eigenvalue weighted by Crippen LogP contribution is 2.15. The Bertz CT molecular complexity index is 389. The Hall–Kier alpha value is -1.13. The molecule has 0 aliphatic carbocycles. The van der Waals surface area contributed by atoms with Crippen molar-refractivity contribution in [2.24, 2.45) is 0 Å². The molecule has 0 atom stereocenters. The second kappa shape index (κ2) is 6.16. The Balaban J connectivity index is 1.82. The minimum absolute atomic E-state index is 0.216. The van der Waals surface area contributed by atoms with Gasteiger partial charge in [-0.05, 0) is 56.7 Å². The molecule has 1 aliphatic heterocycles. The van der Waals surface area contributed by atoms with Crippen molar-refractivity contribution in [1.29, 1.82) is 0 Å². The lowest BCUT2D eigenvalue weighted by Gasteiger charge is -2.21. The van der Waals surface area contributed by atoms with Crippen LogP contribution in [0.2, 0.25) is 0 Å². The maximum absolute atomic E-state index is 13.1. The molecule has 4 heteroatoms. The van der Waals surface area contributed by atoms with Gasteiger partial charge in [-0.15, -0.1) is 0 Å². The van der Waals surface area contributed by atoms with Crippen LogP contribution in [-0.4, -0.2) is 43.0 Å². The summed E-state index contributed by atoms with van der Waals surface area (Å²) in [5.74, 6) is -0.216. The number of hydrogen-bond acceptors (Lipinski definition) is 3. The summed E-state index contributed by atoms with van der Waals surface area (Å²) >= 11 is 0. The summed E-state index contributed by atoms with van der Waals surface area (Å²) in [6.07, 6.45) is 2.64. The SMILES string of the molecule is CN(CCN1CCCC1)Cc1cc(F)ccc1N. The maximum atomic E-state index is 13.1. The first-order valence-electron chi connectivity index (χ1n) is 6.60. The van der Waals surface area contributed by atoms with Gasteiger partial charge in [0.05, 0.1) is 0 Å². The zero-order chi connectivity index (χ0) is 13.0. The number of nitrogen functional groups attached to an aromatic ring is 1. The minimum Gasteiger partial charge on any atom is -0.398 e. The van der Waals surface area contributed by atoms with Gasteiger partial charge in [-0.1, -0.05) is 0 Å². The quantitative estimate of drug-likeness (QED) is 0.812. The van der Waals surface area contributed by atoms with Crippen LogP contribution in [0.3, 0.4) is 0 Å². The monoisotopic (exact) mass is 251 g/mol. The summed E-state index contributed by atoms with van der Waals surface area (Å²) in [7, 11) is 2.06. The molecular weight excluding hydrogens is 229 g/mol. The number of halogens is 1. The summed E-state index contributed by atoms with van der Waals surface area (Å²) in [5.41, 5.74) is 7.40. The molecule has 1 heterocycles. The number of benzene rings is 1. The highest BCUT2D eigenvalue weighted by Gasteiger charge is 2.12. The number of nitrogens with two attached hydrogens (primary N) is 1. The molecule has 0 bridgehead atoms. The van der Waals surface area contributed by atoms with Crippen LogP contribution >= 0.6 is 0 Å². The van der Waals surface area contributed by atoms with E-state index in [2.05, 4.69) is 16.8 Å². The van der Waals surface area contributed by atoms with Gasteiger partial charge >= 0.3 is 0 Å². The van der Waals surface area contributed by atoms with E-state index >= 15 is 0 Å². The largest absolute Gasteiger partial charge is 0.398 e. The predicted octanol–water partition coefficient (Wildman–Crippen LogP) is 1.94. The van der Waals surface area contributed by atoms with Crippen molar-refractivity contribution in [3.63, 3.8) is 0 Å². The molecule has 0 radical (unpaired) electrons. The molecule has 3 nitrogen and oxygen atoms in total. The van der Waals surface area contributed by atoms with Crippen molar-refractivity contribution in [1.82, 2.24) is 9.80 Å². The van der Waals surface area contributed by atoms with Gasteiger partial charge in [0.1, 0.15) is 5.82 Å². The van der Waals surface area contributed by atoms with E-state index in [1.165, 1.54) is 38.1 Å². The van der Waals surface area contributed by atoms with E-state index in [-0.39, 0.29) is 5.82 Å². The molecule has 100 valence electrons. The van der Waals surface area contributed by atoms with E-state index in [0.29, 0.717) is 12.2 Å². The van der Waals surface area contributed by atoms with Gasteiger partial charge in [-0.25, -0.2) is 4.39 Å². The highest BCUT2D eigenvalue weighted by atomic mass is 19.1. The van der Waals surface area contributed by atoms with E-state index in [4.69, 9.17) is 5.73 Å². The van der Waals surface area contributed by atoms with Gasteiger partial charge in [-0.3, -0.25) is 0 Å². The molecule has 1 aromatic carbocycles. The van der Waals surface area contributed by atoms with Crippen LogP contribution in [0.15, 0.2) is 18.2 Å². The van der Waals surface area contributed by atoms with Crippen molar-refractivity contribution >= 4 is 5.69 Å². The molecule has 18 heavy (non-hydrogen) atoms. The molecule has 0 unspecified atom stereocenters. The topological polar surface area (TPSA) is 32.5 Å². The number of likely N-dealkylation sites (N-methyl/N-ethyl adjacent to an activating group) is 1. The molecule has 1 fully saturated rings. The lowest BCUT2D eigenvalue weighted by molar-refractivity contribution is 0.252. The third-order valence-electron chi connectivity index (χ3n) is 3.54. The number of likely N-dealkylation sites (tertiary alicyclic amines) is 1. The molecule has 0 aromatic heterocycles. The normalized spacial score (nSPS) is 16.6. The molecule has 1 aliphatic rings. The van der Waals surface area contributed by atoms with Crippen LogP contribution in [0, 0.1) is 5.82 Å². The van der Waals surface area contributed by atoms with Crippen LogP contribution in [-0.2, 0) is 6.54 Å². The first-order valence-corrected chi connectivity index (χ1v) is 6.60. The maximum Gasteiger partial charge on any atom is 0.123 e. The molecule has 2 N–H and O–H groups in total. The summed E-state index contributed by atoms with van der Waals surface area (Å²) in [6, 6.07) is 4.57. The molecule has 0 spiro atoms. The Morgan fingerprint density at radius 2 is 2.06 bits per heavy atom. The molecular formula is C14H22FN3. The van der Waals surface area contributed by atoms with Crippen LogP contribution in [0.5, 0.6) is 0 Å². The summed E-state index contributed by atoms with van der Waals surface area (Å²) < 4.78 is 13.1. The van der Waals surface area contributed by atoms with Crippen molar-refractivity contribution < 1.29 is 4.39 Å². The van der Waals surface area contributed by atoms with E-state index in [0.717, 1.165) is 18.7 Å². The smallest absolute Gasteiger partial charge is 0.123 e. The first-order chi connectivity index (χ1) is 8.65. The van der Waals surface area contributed by atoms with Crippen LogP contribution in [0.4, 0.5) is 10.1 Å². The highest BCUT2D eigenvalue weighted by molar-refractivity contribution is 5.46. The van der Waals surface area contributed by atoms with Gasteiger partial charge in [0.2, 0.25) is 0 Å². The fourth-order valence-corrected chi connectivity index (χ4v) is 2.40. The molecule has 1 saturated heterocycles. The number of hydrogen-bond donors (Lipinski definition) is 1. The van der Waals surface area contributed by atoms with Gasteiger partial charge in [-0.2, -0.15) is 0 Å². The number of rotatable bonds is 5. The van der Waals surface area contributed by atoms with Crippen molar-refractivity contribution in [2.75, 3.05) is 39.0 Å². The zero-order valence-electron chi connectivity index (χ0n) is 11.0. The average molecular weight is 251 g/mol. The molecule has 0 saturated carbocycles. The van der Waals surface area contributed by atoms with Crippen LogP contribution in [0.25, 0.3) is 0 Å². The van der Waals surface area contributed by atoms with E-state index < -0.39 is 0 Å². The Labute approximate surface area is 108 Å². The van der Waals surface area contributed by atoms with E-state index in [1.807, 2.05) is 0 Å². The Morgan fingerprint density at radius 3 is 2.78 bits per heavy atom. The van der Waals surface area contributed by atoms with Crippen LogP contribution < -0.4 is 5.73 Å². The number of nitrogens with zero attached hydrogens (tertiary/aromatic N) is 2. The Kier molecular flexibility index (Phi) is 4.55. The minimum atomic E-state index is -0.216. The summed E-state index contributed by atoms with van der Waals surface area (Å²) in [5, 5.41) is 0. The second-order valence-electron chi connectivity index (χ2n) is 5.13. The lowest BCUT2D eigenvalue weighted by atomic mass is 10.1. The third kappa shape index (κ3) is 3.68. The van der Waals surface area contributed by atoms with Crippen molar-refractivity contribution in [2.45, 2.75) is 19.4 Å². The second-order valence-corrected chi connectivity index (χ2v) is 5.13. The predicted molar refractivity (Wildman–Crippen MR) is 72.8 cm³/mol. The van der Waals surface area contributed by atoms with Gasteiger partial charge < -0.3 is 15.5 Å². The third-order valence-corrected chi connectivity index (χ3v) is 3.54. The van der Waals surface area contributed by atoms with Gasteiger partial charge in [0.25, 0.3) is 0 Å². The standard InChI is InChI=1S/C14H22FN3/c1-17(8-9-18-6-2-3-7-18)11-12-10-13(15)4-5-14(12)16/h4-5,10H,2-3,6-9,11,16H2,1H3. The fourth-order valence-electron chi connectivity index (χ4n) is 2.40. The number of anilines is 1. The molecule has 2 rings (SSSR count). The Morgan fingerprint density at radius 1 is 1.33 bits per heavy atom. The molecule has 1 aromatic rings. The first kappa shape index (κ1) is 13.3.